The summed E-state index contributed by atoms with van der Waals surface area (Å²) in [5.41, 5.74) is 0. The van der Waals surface area contributed by atoms with E-state index in [1.54, 1.807) is 0 Å². The summed E-state index contributed by atoms with van der Waals surface area (Å²) < 4.78 is 5.45. The molecule has 2 atom stereocenters. The largest absolute Gasteiger partial charge is 0.462 e. The SMILES string of the molecule is O=C(CCN1C(=O)[C@@H]2CCCC[C@H]2C1=O)OC1CCCCC1. The molecule has 3 aliphatic rings. The number of hydrogen-bond acceptors (Lipinski definition) is 4. The molecule has 0 aromatic heterocycles. The first kappa shape index (κ1) is 15.5. The Morgan fingerprint density at radius 2 is 1.45 bits per heavy atom. The van der Waals surface area contributed by atoms with E-state index in [4.69, 9.17) is 4.74 Å². The first-order valence-corrected chi connectivity index (χ1v) is 8.71. The molecule has 0 aromatic rings. The Morgan fingerprint density at radius 3 is 2.05 bits per heavy atom. The summed E-state index contributed by atoms with van der Waals surface area (Å²) in [6, 6.07) is 0. The lowest BCUT2D eigenvalue weighted by Crippen LogP contribution is -2.34. The Bertz CT molecular complexity index is 432. The number of fused-ring (bicyclic) bond motifs is 1. The highest BCUT2D eigenvalue weighted by Crippen LogP contribution is 2.38. The second-order valence-electron chi connectivity index (χ2n) is 6.83. The molecular weight excluding hydrogens is 282 g/mol. The van der Waals surface area contributed by atoms with Gasteiger partial charge in [0.15, 0.2) is 0 Å². The van der Waals surface area contributed by atoms with Gasteiger partial charge in [-0.1, -0.05) is 19.3 Å². The summed E-state index contributed by atoms with van der Waals surface area (Å²) in [6.07, 6.45) is 9.19. The average molecular weight is 307 g/mol. The molecule has 2 amide bonds. The molecule has 0 radical (unpaired) electrons. The third-order valence-electron chi connectivity index (χ3n) is 5.32. The van der Waals surface area contributed by atoms with Gasteiger partial charge in [-0.25, -0.2) is 0 Å². The summed E-state index contributed by atoms with van der Waals surface area (Å²) in [5, 5.41) is 0. The molecule has 5 heteroatoms. The summed E-state index contributed by atoms with van der Waals surface area (Å²) in [6.45, 7) is 0.191. The van der Waals surface area contributed by atoms with Crippen LogP contribution in [-0.4, -0.2) is 35.3 Å². The van der Waals surface area contributed by atoms with Crippen molar-refractivity contribution in [2.75, 3.05) is 6.54 Å². The fourth-order valence-electron chi connectivity index (χ4n) is 4.08. The van der Waals surface area contributed by atoms with E-state index in [1.165, 1.54) is 11.3 Å². The minimum absolute atomic E-state index is 0.0359. The molecule has 5 nitrogen and oxygen atoms in total. The van der Waals surface area contributed by atoms with E-state index in [0.29, 0.717) is 0 Å². The fourth-order valence-corrected chi connectivity index (χ4v) is 4.08. The van der Waals surface area contributed by atoms with Crippen LogP contribution in [0.1, 0.15) is 64.2 Å². The topological polar surface area (TPSA) is 63.7 Å². The normalized spacial score (nSPS) is 29.5. The van der Waals surface area contributed by atoms with Gasteiger partial charge in [0.2, 0.25) is 11.8 Å². The fraction of sp³-hybridized carbons (Fsp3) is 0.824. The molecule has 1 saturated heterocycles. The van der Waals surface area contributed by atoms with Crippen molar-refractivity contribution in [1.29, 1.82) is 0 Å². The molecule has 0 bridgehead atoms. The number of carbonyl (C=O) groups is 3. The molecule has 0 N–H and O–H groups in total. The number of nitrogens with zero attached hydrogens (tertiary/aromatic N) is 1. The Hall–Kier alpha value is -1.39. The van der Waals surface area contributed by atoms with Crippen molar-refractivity contribution in [3.63, 3.8) is 0 Å². The Kier molecular flexibility index (Phi) is 4.79. The highest BCUT2D eigenvalue weighted by molar-refractivity contribution is 6.05. The van der Waals surface area contributed by atoms with Crippen molar-refractivity contribution in [2.24, 2.45) is 11.8 Å². The zero-order valence-corrected chi connectivity index (χ0v) is 13.1. The molecule has 3 fully saturated rings. The van der Waals surface area contributed by atoms with Gasteiger partial charge >= 0.3 is 5.97 Å². The lowest BCUT2D eigenvalue weighted by Gasteiger charge is -2.22. The first-order valence-electron chi connectivity index (χ1n) is 8.71. The summed E-state index contributed by atoms with van der Waals surface area (Å²) >= 11 is 0. The van der Waals surface area contributed by atoms with Crippen molar-refractivity contribution < 1.29 is 19.1 Å². The molecule has 2 saturated carbocycles. The lowest BCUT2D eigenvalue weighted by molar-refractivity contribution is -0.151. The maximum Gasteiger partial charge on any atom is 0.307 e. The van der Waals surface area contributed by atoms with Crippen molar-refractivity contribution in [3.8, 4) is 0 Å². The van der Waals surface area contributed by atoms with Crippen LogP contribution in [0.25, 0.3) is 0 Å². The zero-order valence-electron chi connectivity index (χ0n) is 13.1. The van der Waals surface area contributed by atoms with Crippen LogP contribution in [0.5, 0.6) is 0 Å². The van der Waals surface area contributed by atoms with Gasteiger partial charge in [0.05, 0.1) is 18.3 Å². The van der Waals surface area contributed by atoms with Gasteiger partial charge in [0, 0.05) is 6.54 Å². The smallest absolute Gasteiger partial charge is 0.307 e. The molecule has 122 valence electrons. The predicted octanol–water partition coefficient (Wildman–Crippen LogP) is 2.43. The molecule has 1 aliphatic heterocycles. The molecule has 1 heterocycles. The average Bonchev–Trinajstić information content (AvgIpc) is 2.78. The molecule has 0 aromatic carbocycles. The van der Waals surface area contributed by atoms with Crippen LogP contribution in [0, 0.1) is 11.8 Å². The van der Waals surface area contributed by atoms with Crippen LogP contribution in [0.3, 0.4) is 0 Å². The van der Waals surface area contributed by atoms with Crippen molar-refractivity contribution in [1.82, 2.24) is 4.90 Å². The van der Waals surface area contributed by atoms with Crippen LogP contribution in [0.4, 0.5) is 0 Å². The van der Waals surface area contributed by atoms with Crippen molar-refractivity contribution >= 4 is 17.8 Å². The van der Waals surface area contributed by atoms with E-state index in [0.717, 1.165) is 51.4 Å². The van der Waals surface area contributed by atoms with Gasteiger partial charge in [0.1, 0.15) is 6.10 Å². The molecule has 22 heavy (non-hydrogen) atoms. The predicted molar refractivity (Wildman–Crippen MR) is 79.8 cm³/mol. The zero-order chi connectivity index (χ0) is 15.5. The number of rotatable bonds is 4. The van der Waals surface area contributed by atoms with E-state index < -0.39 is 0 Å². The van der Waals surface area contributed by atoms with Crippen LogP contribution < -0.4 is 0 Å². The molecular formula is C17H25NO4. The van der Waals surface area contributed by atoms with Gasteiger partial charge in [-0.05, 0) is 38.5 Å². The maximum absolute atomic E-state index is 12.3. The molecule has 0 spiro atoms. The van der Waals surface area contributed by atoms with E-state index in [2.05, 4.69) is 0 Å². The van der Waals surface area contributed by atoms with Gasteiger partial charge in [0.25, 0.3) is 0 Å². The maximum atomic E-state index is 12.3. The quantitative estimate of drug-likeness (QED) is 0.591. The van der Waals surface area contributed by atoms with Crippen LogP contribution >= 0.6 is 0 Å². The van der Waals surface area contributed by atoms with E-state index >= 15 is 0 Å². The number of hydrogen-bond donors (Lipinski definition) is 0. The van der Waals surface area contributed by atoms with Crippen LogP contribution in [0.15, 0.2) is 0 Å². The monoisotopic (exact) mass is 307 g/mol. The van der Waals surface area contributed by atoms with E-state index in [1.807, 2.05) is 0 Å². The minimum Gasteiger partial charge on any atom is -0.462 e. The highest BCUT2D eigenvalue weighted by Gasteiger charge is 2.47. The lowest BCUT2D eigenvalue weighted by atomic mass is 9.81. The van der Waals surface area contributed by atoms with Gasteiger partial charge in [-0.3, -0.25) is 19.3 Å². The third-order valence-corrected chi connectivity index (χ3v) is 5.32. The number of carbonyl (C=O) groups excluding carboxylic acids is 3. The second-order valence-corrected chi connectivity index (χ2v) is 6.83. The van der Waals surface area contributed by atoms with Gasteiger partial charge < -0.3 is 4.74 Å². The Labute approximate surface area is 131 Å². The number of amides is 2. The molecule has 3 rings (SSSR count). The number of ether oxygens (including phenoxy) is 1. The Balaban J connectivity index is 1.49. The Morgan fingerprint density at radius 1 is 0.909 bits per heavy atom. The van der Waals surface area contributed by atoms with Gasteiger partial charge in [-0.15, -0.1) is 0 Å². The van der Waals surface area contributed by atoms with Gasteiger partial charge in [-0.2, -0.15) is 0 Å². The summed E-state index contributed by atoms with van der Waals surface area (Å²) in [7, 11) is 0. The molecule has 2 aliphatic carbocycles. The summed E-state index contributed by atoms with van der Waals surface area (Å²) in [4.78, 5) is 37.8. The molecule has 0 unspecified atom stereocenters. The van der Waals surface area contributed by atoms with Crippen molar-refractivity contribution in [3.05, 3.63) is 0 Å². The number of esters is 1. The van der Waals surface area contributed by atoms with Crippen molar-refractivity contribution in [2.45, 2.75) is 70.3 Å². The minimum atomic E-state index is -0.276. The van der Waals surface area contributed by atoms with Crippen LogP contribution in [0.2, 0.25) is 0 Å². The van der Waals surface area contributed by atoms with Crippen LogP contribution in [-0.2, 0) is 19.1 Å². The van der Waals surface area contributed by atoms with E-state index in [9.17, 15) is 14.4 Å². The third kappa shape index (κ3) is 3.18. The number of imide groups is 1. The highest BCUT2D eigenvalue weighted by atomic mass is 16.5. The first-order chi connectivity index (χ1) is 10.7. The second kappa shape index (κ2) is 6.80. The summed E-state index contributed by atoms with van der Waals surface area (Å²) in [5.74, 6) is -0.672. The van der Waals surface area contributed by atoms with E-state index in [-0.39, 0.29) is 48.7 Å². The number of likely N-dealkylation sites (tertiary alicyclic amines) is 1. The standard InChI is InChI=1S/C17H25NO4/c19-15(22-12-6-2-1-3-7-12)10-11-18-16(20)13-8-4-5-9-14(13)17(18)21/h12-14H,1-11H2/t13-,14-/m1/s1.